The highest BCUT2D eigenvalue weighted by Crippen LogP contribution is 2.27. The molecule has 0 bridgehead atoms. The predicted octanol–water partition coefficient (Wildman–Crippen LogP) is 3.92. The number of para-hydroxylation sites is 1. The second-order valence-electron chi connectivity index (χ2n) is 7.32. The Hall–Kier alpha value is -4.64. The van der Waals surface area contributed by atoms with E-state index in [1.807, 2.05) is 38.1 Å². The number of amides is 1. The van der Waals surface area contributed by atoms with Gasteiger partial charge in [-0.15, -0.1) is 0 Å². The normalized spacial score (nSPS) is 11.2. The van der Waals surface area contributed by atoms with Crippen LogP contribution in [0.3, 0.4) is 0 Å². The van der Waals surface area contributed by atoms with Crippen molar-refractivity contribution in [2.45, 2.75) is 20.4 Å². The Morgan fingerprint density at radius 2 is 1.97 bits per heavy atom. The van der Waals surface area contributed by atoms with Gasteiger partial charge in [-0.05, 0) is 55.3 Å². The van der Waals surface area contributed by atoms with Gasteiger partial charge < -0.3 is 14.5 Å². The number of fused-ring (bicyclic) bond motifs is 1. The Labute approximate surface area is 189 Å². The first-order valence-corrected chi connectivity index (χ1v) is 10.2. The van der Waals surface area contributed by atoms with Crippen LogP contribution in [-0.2, 0) is 11.3 Å². The van der Waals surface area contributed by atoms with E-state index in [0.29, 0.717) is 17.2 Å². The summed E-state index contributed by atoms with van der Waals surface area (Å²) in [6.07, 6.45) is 4.27. The van der Waals surface area contributed by atoms with Crippen LogP contribution in [0.1, 0.15) is 22.5 Å². The molecule has 0 aliphatic heterocycles. The molecule has 1 amide bonds. The van der Waals surface area contributed by atoms with E-state index in [0.717, 1.165) is 11.1 Å². The fourth-order valence-corrected chi connectivity index (χ4v) is 3.24. The lowest BCUT2D eigenvalue weighted by Crippen LogP contribution is -2.25. The van der Waals surface area contributed by atoms with Crippen molar-refractivity contribution >= 4 is 17.6 Å². The fourth-order valence-electron chi connectivity index (χ4n) is 3.24. The summed E-state index contributed by atoms with van der Waals surface area (Å²) in [6, 6.07) is 16.1. The van der Waals surface area contributed by atoms with E-state index in [2.05, 4.69) is 10.3 Å². The molecule has 33 heavy (non-hydrogen) atoms. The molecule has 0 spiro atoms. The molecule has 0 saturated heterocycles. The maximum absolute atomic E-state index is 13.3. The Balaban J connectivity index is 1.81. The van der Waals surface area contributed by atoms with Crippen molar-refractivity contribution in [3.05, 3.63) is 99.4 Å². The number of carbonyl (C=O) groups excluding carboxylic acids is 1. The van der Waals surface area contributed by atoms with Gasteiger partial charge in [0, 0.05) is 6.20 Å². The maximum Gasteiger partial charge on any atom is 0.269 e. The smallest absolute Gasteiger partial charge is 0.269 e. The monoisotopic (exact) mass is 440 g/mol. The first kappa shape index (κ1) is 21.6. The second-order valence-corrected chi connectivity index (χ2v) is 7.32. The minimum Gasteiger partial charge on any atom is -0.467 e. The summed E-state index contributed by atoms with van der Waals surface area (Å²) in [5.74, 6) is 0.407. The lowest BCUT2D eigenvalue weighted by Gasteiger charge is -2.12. The molecule has 8 nitrogen and oxygen atoms in total. The van der Waals surface area contributed by atoms with Crippen molar-refractivity contribution in [1.82, 2.24) is 14.7 Å². The molecule has 0 aliphatic carbocycles. The summed E-state index contributed by atoms with van der Waals surface area (Å²) in [7, 11) is 0. The molecule has 0 radical (unpaired) electrons. The standard InChI is InChI=1S/C25H20N4O4/c1-16-7-3-4-10-21(16)33-24-20(25(31)29-11-5-8-17(2)22(29)28-24)13-18(14-26)23(30)27-15-19-9-6-12-32-19/h3-13H,15H2,1-2H3,(H,27,30)/b18-13+. The van der Waals surface area contributed by atoms with Gasteiger partial charge in [0.25, 0.3) is 11.5 Å². The molecule has 0 aliphatic rings. The number of aromatic nitrogens is 2. The Morgan fingerprint density at radius 3 is 2.70 bits per heavy atom. The largest absolute Gasteiger partial charge is 0.467 e. The van der Waals surface area contributed by atoms with E-state index >= 15 is 0 Å². The van der Waals surface area contributed by atoms with Gasteiger partial charge in [-0.1, -0.05) is 24.3 Å². The zero-order valence-corrected chi connectivity index (χ0v) is 18.0. The van der Waals surface area contributed by atoms with Crippen LogP contribution in [0.4, 0.5) is 0 Å². The van der Waals surface area contributed by atoms with Crippen LogP contribution in [0.2, 0.25) is 0 Å². The summed E-state index contributed by atoms with van der Waals surface area (Å²) >= 11 is 0. The summed E-state index contributed by atoms with van der Waals surface area (Å²) < 4.78 is 12.6. The molecular weight excluding hydrogens is 420 g/mol. The van der Waals surface area contributed by atoms with E-state index < -0.39 is 11.5 Å². The van der Waals surface area contributed by atoms with Gasteiger partial charge in [-0.3, -0.25) is 14.0 Å². The van der Waals surface area contributed by atoms with E-state index in [-0.39, 0.29) is 23.6 Å². The SMILES string of the molecule is Cc1ccccc1Oc1nc2c(C)cccn2c(=O)c1/C=C(\C#N)C(=O)NCc1ccco1. The summed E-state index contributed by atoms with van der Waals surface area (Å²) in [6.45, 7) is 3.80. The molecule has 0 saturated carbocycles. The third-order valence-electron chi connectivity index (χ3n) is 5.01. The van der Waals surface area contributed by atoms with Crippen molar-refractivity contribution in [3.8, 4) is 17.7 Å². The lowest BCUT2D eigenvalue weighted by molar-refractivity contribution is -0.117. The van der Waals surface area contributed by atoms with E-state index in [9.17, 15) is 14.9 Å². The number of furan rings is 1. The van der Waals surface area contributed by atoms with Crippen LogP contribution < -0.4 is 15.6 Å². The summed E-state index contributed by atoms with van der Waals surface area (Å²) in [5, 5.41) is 12.2. The molecule has 3 aromatic heterocycles. The Bertz CT molecular complexity index is 1460. The van der Waals surface area contributed by atoms with E-state index in [4.69, 9.17) is 9.15 Å². The number of pyridine rings is 1. The van der Waals surface area contributed by atoms with Crippen LogP contribution in [0.25, 0.3) is 11.7 Å². The number of aryl methyl sites for hydroxylation is 2. The van der Waals surface area contributed by atoms with Crippen LogP contribution in [-0.4, -0.2) is 15.3 Å². The van der Waals surface area contributed by atoms with Crippen LogP contribution in [0, 0.1) is 25.2 Å². The highest BCUT2D eigenvalue weighted by atomic mass is 16.5. The average Bonchev–Trinajstić information content (AvgIpc) is 3.33. The van der Waals surface area contributed by atoms with Crippen molar-refractivity contribution < 1.29 is 13.9 Å². The molecule has 1 aromatic carbocycles. The summed E-state index contributed by atoms with van der Waals surface area (Å²) in [5.41, 5.74) is 1.31. The van der Waals surface area contributed by atoms with Gasteiger partial charge in [-0.2, -0.15) is 10.2 Å². The molecular formula is C25H20N4O4. The van der Waals surface area contributed by atoms with Gasteiger partial charge in [0.05, 0.1) is 12.8 Å². The number of nitrogens with zero attached hydrogens (tertiary/aromatic N) is 3. The van der Waals surface area contributed by atoms with E-state index in [1.54, 1.807) is 36.5 Å². The molecule has 164 valence electrons. The molecule has 3 heterocycles. The molecule has 4 aromatic rings. The summed E-state index contributed by atoms with van der Waals surface area (Å²) in [4.78, 5) is 30.5. The number of nitrogens with one attached hydrogen (secondary N) is 1. The maximum atomic E-state index is 13.3. The van der Waals surface area contributed by atoms with Crippen LogP contribution in [0.15, 0.2) is 75.8 Å². The van der Waals surface area contributed by atoms with Crippen molar-refractivity contribution in [2.24, 2.45) is 0 Å². The minimum atomic E-state index is -0.649. The lowest BCUT2D eigenvalue weighted by atomic mass is 10.1. The van der Waals surface area contributed by atoms with Crippen LogP contribution in [0.5, 0.6) is 11.6 Å². The molecule has 0 unspecified atom stereocenters. The second kappa shape index (κ2) is 9.24. The van der Waals surface area contributed by atoms with Gasteiger partial charge in [0.15, 0.2) is 0 Å². The molecule has 0 fully saturated rings. The Morgan fingerprint density at radius 1 is 1.18 bits per heavy atom. The fraction of sp³-hybridized carbons (Fsp3) is 0.120. The van der Waals surface area contributed by atoms with Gasteiger partial charge in [-0.25, -0.2) is 0 Å². The first-order valence-electron chi connectivity index (χ1n) is 10.2. The topological polar surface area (TPSA) is 110 Å². The number of ether oxygens (including phenoxy) is 1. The Kier molecular flexibility index (Phi) is 6.04. The number of rotatable bonds is 6. The number of hydrogen-bond donors (Lipinski definition) is 1. The third kappa shape index (κ3) is 4.52. The zero-order chi connectivity index (χ0) is 23.4. The number of benzene rings is 1. The van der Waals surface area contributed by atoms with Gasteiger partial charge >= 0.3 is 0 Å². The number of carbonyl (C=O) groups is 1. The highest BCUT2D eigenvalue weighted by Gasteiger charge is 2.18. The average molecular weight is 440 g/mol. The quantitative estimate of drug-likeness (QED) is 0.359. The van der Waals surface area contributed by atoms with Gasteiger partial charge in [0.1, 0.15) is 34.4 Å². The third-order valence-corrected chi connectivity index (χ3v) is 5.01. The predicted molar refractivity (Wildman–Crippen MR) is 122 cm³/mol. The molecule has 1 N–H and O–H groups in total. The van der Waals surface area contributed by atoms with Gasteiger partial charge in [0.2, 0.25) is 5.88 Å². The van der Waals surface area contributed by atoms with E-state index in [1.165, 1.54) is 16.7 Å². The zero-order valence-electron chi connectivity index (χ0n) is 18.0. The number of nitriles is 1. The van der Waals surface area contributed by atoms with Crippen LogP contribution >= 0.6 is 0 Å². The highest BCUT2D eigenvalue weighted by molar-refractivity contribution is 6.01. The first-order chi connectivity index (χ1) is 16.0. The number of hydrogen-bond acceptors (Lipinski definition) is 6. The van der Waals surface area contributed by atoms with Crippen molar-refractivity contribution in [1.29, 1.82) is 5.26 Å². The molecule has 4 rings (SSSR count). The van der Waals surface area contributed by atoms with Crippen molar-refractivity contribution in [3.63, 3.8) is 0 Å². The molecule has 0 atom stereocenters. The molecule has 8 heteroatoms. The van der Waals surface area contributed by atoms with Crippen molar-refractivity contribution in [2.75, 3.05) is 0 Å². The minimum absolute atomic E-state index is 0.00829.